The third kappa shape index (κ3) is 7.28. The van der Waals surface area contributed by atoms with Gasteiger partial charge in [0.25, 0.3) is 0 Å². The molecule has 1 rings (SSSR count). The Bertz CT molecular complexity index is 426. The Labute approximate surface area is 124 Å². The second-order valence-corrected chi connectivity index (χ2v) is 6.77. The molecule has 4 nitrogen and oxygen atoms in total. The second kappa shape index (κ2) is 8.04. The number of carbonyl (C=O) groups is 2. The lowest BCUT2D eigenvalue weighted by Gasteiger charge is -2.23. The minimum Gasteiger partial charge on any atom is -0.481 e. The first-order valence-corrected chi connectivity index (χ1v) is 7.78. The Morgan fingerprint density at radius 1 is 1.30 bits per heavy atom. The molecular formula is C15H23NO3S. The van der Waals surface area contributed by atoms with Crippen molar-refractivity contribution in [3.8, 4) is 0 Å². The quantitative estimate of drug-likeness (QED) is 0.736. The summed E-state index contributed by atoms with van der Waals surface area (Å²) in [5.74, 6) is -0.703. The number of nitrogens with one attached hydrogen (secondary N) is 1. The second-order valence-electron chi connectivity index (χ2n) is 5.74. The van der Waals surface area contributed by atoms with E-state index in [0.717, 1.165) is 12.8 Å². The van der Waals surface area contributed by atoms with Crippen molar-refractivity contribution < 1.29 is 14.7 Å². The van der Waals surface area contributed by atoms with Crippen molar-refractivity contribution in [2.24, 2.45) is 5.41 Å². The molecule has 0 bridgehead atoms. The zero-order chi connectivity index (χ0) is 15.0. The molecular weight excluding hydrogens is 274 g/mol. The highest BCUT2D eigenvalue weighted by Crippen LogP contribution is 2.26. The van der Waals surface area contributed by atoms with Crippen LogP contribution in [-0.4, -0.2) is 23.5 Å². The van der Waals surface area contributed by atoms with Crippen LogP contribution in [0.3, 0.4) is 0 Å². The Morgan fingerprint density at radius 2 is 2.05 bits per heavy atom. The molecule has 20 heavy (non-hydrogen) atoms. The van der Waals surface area contributed by atoms with Gasteiger partial charge >= 0.3 is 5.97 Å². The number of aliphatic carboxylic acids is 1. The fourth-order valence-electron chi connectivity index (χ4n) is 1.89. The van der Waals surface area contributed by atoms with E-state index in [1.165, 1.54) is 4.88 Å². The molecule has 0 radical (unpaired) electrons. The Hall–Kier alpha value is -1.36. The van der Waals surface area contributed by atoms with E-state index in [1.54, 1.807) is 11.3 Å². The summed E-state index contributed by atoms with van der Waals surface area (Å²) in [4.78, 5) is 23.5. The van der Waals surface area contributed by atoms with Crippen molar-refractivity contribution in [3.63, 3.8) is 0 Å². The van der Waals surface area contributed by atoms with Gasteiger partial charge in [0.1, 0.15) is 0 Å². The molecule has 1 aromatic heterocycles. The van der Waals surface area contributed by atoms with Crippen LogP contribution in [0.5, 0.6) is 0 Å². The topological polar surface area (TPSA) is 66.4 Å². The predicted molar refractivity (Wildman–Crippen MR) is 80.9 cm³/mol. The monoisotopic (exact) mass is 297 g/mol. The van der Waals surface area contributed by atoms with E-state index in [1.807, 2.05) is 31.4 Å². The molecule has 1 heterocycles. The lowest BCUT2D eigenvalue weighted by molar-refractivity contribution is -0.137. The number of carboxylic acid groups (broad SMARTS) is 1. The van der Waals surface area contributed by atoms with Crippen molar-refractivity contribution >= 4 is 23.2 Å². The van der Waals surface area contributed by atoms with Crippen LogP contribution in [0.15, 0.2) is 17.5 Å². The first kappa shape index (κ1) is 16.7. The summed E-state index contributed by atoms with van der Waals surface area (Å²) in [6, 6.07) is 4.02. The van der Waals surface area contributed by atoms with E-state index in [2.05, 4.69) is 5.32 Å². The van der Waals surface area contributed by atoms with Crippen LogP contribution in [0.25, 0.3) is 0 Å². The van der Waals surface area contributed by atoms with Crippen molar-refractivity contribution in [2.75, 3.05) is 6.54 Å². The summed E-state index contributed by atoms with van der Waals surface area (Å²) >= 11 is 1.67. The molecule has 0 aliphatic heterocycles. The highest BCUT2D eigenvalue weighted by Gasteiger charge is 2.19. The summed E-state index contributed by atoms with van der Waals surface area (Å²) < 4.78 is 0. The number of aryl methyl sites for hydroxylation is 1. The maximum Gasteiger partial charge on any atom is 0.303 e. The smallest absolute Gasteiger partial charge is 0.303 e. The molecule has 0 atom stereocenters. The molecule has 2 N–H and O–H groups in total. The van der Waals surface area contributed by atoms with E-state index < -0.39 is 5.97 Å². The van der Waals surface area contributed by atoms with Crippen molar-refractivity contribution in [1.82, 2.24) is 5.32 Å². The molecule has 0 fully saturated rings. The van der Waals surface area contributed by atoms with Gasteiger partial charge in [-0.15, -0.1) is 11.3 Å². The number of rotatable bonds is 9. The highest BCUT2D eigenvalue weighted by molar-refractivity contribution is 7.09. The molecule has 1 amide bonds. The Morgan fingerprint density at radius 3 is 2.65 bits per heavy atom. The maximum absolute atomic E-state index is 11.7. The summed E-state index contributed by atoms with van der Waals surface area (Å²) in [6.45, 7) is 4.68. The van der Waals surface area contributed by atoms with E-state index in [9.17, 15) is 9.59 Å². The number of hydrogen-bond donors (Lipinski definition) is 2. The molecule has 0 spiro atoms. The Balaban J connectivity index is 2.15. The van der Waals surface area contributed by atoms with E-state index in [4.69, 9.17) is 5.11 Å². The molecule has 1 aromatic rings. The molecule has 0 unspecified atom stereocenters. The summed E-state index contributed by atoms with van der Waals surface area (Å²) in [5.41, 5.74) is -0.0561. The van der Waals surface area contributed by atoms with E-state index in [0.29, 0.717) is 19.4 Å². The summed E-state index contributed by atoms with van der Waals surface area (Å²) in [5, 5.41) is 13.6. The van der Waals surface area contributed by atoms with Gasteiger partial charge in [0.2, 0.25) is 5.91 Å². The number of thiophene rings is 1. The molecule has 112 valence electrons. The largest absolute Gasteiger partial charge is 0.481 e. The fraction of sp³-hybridized carbons (Fsp3) is 0.600. The molecule has 5 heteroatoms. The van der Waals surface area contributed by atoms with Crippen LogP contribution in [-0.2, 0) is 16.0 Å². The van der Waals surface area contributed by atoms with Gasteiger partial charge in [0.15, 0.2) is 0 Å². The van der Waals surface area contributed by atoms with Crippen molar-refractivity contribution in [1.29, 1.82) is 0 Å². The lowest BCUT2D eigenvalue weighted by Crippen LogP contribution is -2.28. The van der Waals surface area contributed by atoms with Gasteiger partial charge in [-0.2, -0.15) is 0 Å². The molecule has 0 saturated heterocycles. The first-order valence-electron chi connectivity index (χ1n) is 6.90. The first-order chi connectivity index (χ1) is 9.39. The van der Waals surface area contributed by atoms with Gasteiger partial charge in [-0.3, -0.25) is 9.59 Å². The maximum atomic E-state index is 11.7. The van der Waals surface area contributed by atoms with Gasteiger partial charge in [-0.05, 0) is 36.1 Å². The zero-order valence-corrected chi connectivity index (χ0v) is 13.0. The van der Waals surface area contributed by atoms with Gasteiger partial charge in [0, 0.05) is 24.3 Å². The molecule has 0 aromatic carbocycles. The van der Waals surface area contributed by atoms with Gasteiger partial charge in [0.05, 0.1) is 0 Å². The minimum atomic E-state index is -0.766. The highest BCUT2D eigenvalue weighted by atomic mass is 32.1. The average Bonchev–Trinajstić information content (AvgIpc) is 2.87. The zero-order valence-electron chi connectivity index (χ0n) is 12.1. The van der Waals surface area contributed by atoms with Crippen LogP contribution in [0, 0.1) is 5.41 Å². The van der Waals surface area contributed by atoms with Crippen LogP contribution in [0.2, 0.25) is 0 Å². The van der Waals surface area contributed by atoms with Crippen molar-refractivity contribution in [2.45, 2.75) is 46.0 Å². The number of carbonyl (C=O) groups excluding carboxylic acids is 1. The van der Waals surface area contributed by atoms with Gasteiger partial charge in [-0.25, -0.2) is 0 Å². The Kier molecular flexibility index (Phi) is 6.71. The van der Waals surface area contributed by atoms with E-state index >= 15 is 0 Å². The molecule has 0 aliphatic carbocycles. The number of amides is 1. The summed E-state index contributed by atoms with van der Waals surface area (Å²) in [7, 11) is 0. The van der Waals surface area contributed by atoms with Gasteiger partial charge in [-0.1, -0.05) is 19.9 Å². The number of carboxylic acids is 1. The van der Waals surface area contributed by atoms with Crippen LogP contribution >= 0.6 is 11.3 Å². The van der Waals surface area contributed by atoms with Crippen LogP contribution in [0.1, 0.15) is 44.4 Å². The van der Waals surface area contributed by atoms with E-state index in [-0.39, 0.29) is 17.7 Å². The van der Waals surface area contributed by atoms with Gasteiger partial charge < -0.3 is 10.4 Å². The van der Waals surface area contributed by atoms with Crippen molar-refractivity contribution in [3.05, 3.63) is 22.4 Å². The normalized spacial score (nSPS) is 11.3. The lowest BCUT2D eigenvalue weighted by atomic mass is 9.84. The van der Waals surface area contributed by atoms with Crippen LogP contribution in [0.4, 0.5) is 0 Å². The fourth-order valence-corrected chi connectivity index (χ4v) is 2.60. The summed E-state index contributed by atoms with van der Waals surface area (Å²) in [6.07, 6.45) is 2.90. The SMILES string of the molecule is CC(C)(CCNC(=O)CCc1cccs1)CCC(=O)O. The predicted octanol–water partition coefficient (Wildman–Crippen LogP) is 3.08. The third-order valence-electron chi connectivity index (χ3n) is 3.32. The molecule has 0 aliphatic rings. The average molecular weight is 297 g/mol. The minimum absolute atomic E-state index is 0.0561. The standard InChI is InChI=1S/C15H23NO3S/c1-15(2,8-7-14(18)19)9-10-16-13(17)6-5-12-4-3-11-20-12/h3-4,11H,5-10H2,1-2H3,(H,16,17)(H,18,19). The van der Waals surface area contributed by atoms with Crippen LogP contribution < -0.4 is 5.32 Å². The molecule has 0 saturated carbocycles. The number of hydrogen-bond acceptors (Lipinski definition) is 3. The third-order valence-corrected chi connectivity index (χ3v) is 4.25.